The minimum Gasteiger partial charge on any atom is -0.465 e. The zero-order chi connectivity index (χ0) is 18.3. The molecule has 26 heavy (non-hydrogen) atoms. The molecule has 2 N–H and O–H groups in total. The SMILES string of the molecule is CCOC(=O)C(c1c[nH]c2ccc(C)cc12)c1c[nH]c2ccc(C)cc12. The monoisotopic (exact) mass is 346 g/mol. The topological polar surface area (TPSA) is 57.9 Å². The van der Waals surface area contributed by atoms with Crippen LogP contribution in [0, 0.1) is 13.8 Å². The van der Waals surface area contributed by atoms with Crippen molar-refractivity contribution in [3.63, 3.8) is 0 Å². The normalized spacial score (nSPS) is 11.5. The van der Waals surface area contributed by atoms with Crippen LogP contribution in [0.4, 0.5) is 0 Å². The number of aryl methyl sites for hydroxylation is 2. The maximum atomic E-state index is 12.9. The molecule has 0 radical (unpaired) electrons. The van der Waals surface area contributed by atoms with Gasteiger partial charge in [0.2, 0.25) is 0 Å². The fourth-order valence-corrected chi connectivity index (χ4v) is 3.64. The van der Waals surface area contributed by atoms with Crippen molar-refractivity contribution in [1.82, 2.24) is 9.97 Å². The lowest BCUT2D eigenvalue weighted by Gasteiger charge is -2.15. The molecular formula is C22H22N2O2. The van der Waals surface area contributed by atoms with E-state index in [1.165, 1.54) is 0 Å². The van der Waals surface area contributed by atoms with Crippen LogP contribution < -0.4 is 0 Å². The summed E-state index contributed by atoms with van der Waals surface area (Å²) in [4.78, 5) is 19.5. The van der Waals surface area contributed by atoms with E-state index in [9.17, 15) is 4.79 Å². The number of hydrogen-bond acceptors (Lipinski definition) is 2. The summed E-state index contributed by atoms with van der Waals surface area (Å²) < 4.78 is 5.44. The van der Waals surface area contributed by atoms with Crippen LogP contribution >= 0.6 is 0 Å². The van der Waals surface area contributed by atoms with Crippen molar-refractivity contribution >= 4 is 27.8 Å². The van der Waals surface area contributed by atoms with Gasteiger partial charge in [-0.25, -0.2) is 0 Å². The van der Waals surface area contributed by atoms with Gasteiger partial charge in [-0.2, -0.15) is 0 Å². The maximum Gasteiger partial charge on any atom is 0.318 e. The number of nitrogens with one attached hydrogen (secondary N) is 2. The minimum absolute atomic E-state index is 0.225. The molecule has 0 amide bonds. The first-order valence-corrected chi connectivity index (χ1v) is 8.90. The number of aromatic nitrogens is 2. The van der Waals surface area contributed by atoms with E-state index in [1.807, 2.05) is 19.3 Å². The Labute approximate surface area is 152 Å². The van der Waals surface area contributed by atoms with E-state index < -0.39 is 5.92 Å². The van der Waals surface area contributed by atoms with Crippen LogP contribution in [-0.4, -0.2) is 22.5 Å². The molecule has 0 aliphatic rings. The molecule has 4 heteroatoms. The molecule has 4 nitrogen and oxygen atoms in total. The molecule has 0 spiro atoms. The number of hydrogen-bond donors (Lipinski definition) is 2. The minimum atomic E-state index is -0.471. The average Bonchev–Trinajstić information content (AvgIpc) is 3.20. The summed E-state index contributed by atoms with van der Waals surface area (Å²) >= 11 is 0. The zero-order valence-electron chi connectivity index (χ0n) is 15.2. The van der Waals surface area contributed by atoms with E-state index in [4.69, 9.17) is 4.74 Å². The van der Waals surface area contributed by atoms with E-state index >= 15 is 0 Å². The molecule has 0 saturated carbocycles. The van der Waals surface area contributed by atoms with Crippen LogP contribution in [0.1, 0.15) is 35.1 Å². The summed E-state index contributed by atoms with van der Waals surface area (Å²) in [6.45, 7) is 6.32. The van der Waals surface area contributed by atoms with E-state index in [2.05, 4.69) is 60.2 Å². The van der Waals surface area contributed by atoms with Gasteiger partial charge >= 0.3 is 5.97 Å². The molecule has 0 saturated heterocycles. The predicted molar refractivity (Wildman–Crippen MR) is 105 cm³/mol. The quantitative estimate of drug-likeness (QED) is 0.513. The first-order valence-electron chi connectivity index (χ1n) is 8.90. The number of ether oxygens (including phenoxy) is 1. The Kier molecular flexibility index (Phi) is 4.03. The molecule has 0 aliphatic heterocycles. The molecule has 2 aromatic heterocycles. The van der Waals surface area contributed by atoms with Crippen LogP contribution in [0.15, 0.2) is 48.8 Å². The summed E-state index contributed by atoms with van der Waals surface area (Å²) in [5, 5.41) is 2.12. The van der Waals surface area contributed by atoms with Gasteiger partial charge in [-0.1, -0.05) is 23.3 Å². The number of rotatable bonds is 4. The van der Waals surface area contributed by atoms with E-state index in [0.717, 1.165) is 44.1 Å². The van der Waals surface area contributed by atoms with Crippen LogP contribution in [0.2, 0.25) is 0 Å². The second-order valence-electron chi connectivity index (χ2n) is 6.77. The van der Waals surface area contributed by atoms with E-state index in [1.54, 1.807) is 0 Å². The Morgan fingerprint density at radius 3 is 1.88 bits per heavy atom. The zero-order valence-corrected chi connectivity index (χ0v) is 15.2. The maximum absolute atomic E-state index is 12.9. The highest BCUT2D eigenvalue weighted by atomic mass is 16.5. The number of H-pyrrole nitrogens is 2. The largest absolute Gasteiger partial charge is 0.465 e. The van der Waals surface area contributed by atoms with Crippen LogP contribution in [0.3, 0.4) is 0 Å². The van der Waals surface area contributed by atoms with Crippen molar-refractivity contribution in [2.75, 3.05) is 6.61 Å². The van der Waals surface area contributed by atoms with Gasteiger partial charge in [0.1, 0.15) is 5.92 Å². The fraction of sp³-hybridized carbons (Fsp3) is 0.227. The van der Waals surface area contributed by atoms with Gasteiger partial charge in [-0.3, -0.25) is 4.79 Å². The molecule has 0 aliphatic carbocycles. The Morgan fingerprint density at radius 1 is 0.923 bits per heavy atom. The van der Waals surface area contributed by atoms with Gasteiger partial charge in [0.15, 0.2) is 0 Å². The van der Waals surface area contributed by atoms with Gasteiger partial charge in [0, 0.05) is 34.2 Å². The Balaban J connectivity index is 1.96. The predicted octanol–water partition coefficient (Wildman–Crippen LogP) is 4.96. The number of fused-ring (bicyclic) bond motifs is 2. The molecule has 2 aromatic carbocycles. The average molecular weight is 346 g/mol. The molecular weight excluding hydrogens is 324 g/mol. The van der Waals surface area contributed by atoms with Crippen molar-refractivity contribution in [2.45, 2.75) is 26.7 Å². The molecule has 4 rings (SSSR count). The number of aromatic amines is 2. The van der Waals surface area contributed by atoms with Crippen molar-refractivity contribution in [3.8, 4) is 0 Å². The summed E-state index contributed by atoms with van der Waals surface area (Å²) in [6.07, 6.45) is 3.86. The molecule has 0 atom stereocenters. The standard InChI is InChI=1S/C22H22N2O2/c1-4-26-22(25)21(17-11-23-19-7-5-13(2)9-15(17)19)18-12-24-20-8-6-14(3)10-16(18)20/h5-12,21,23-24H,4H2,1-3H3. The number of esters is 1. The third-order valence-electron chi connectivity index (χ3n) is 4.88. The third-order valence-corrected chi connectivity index (χ3v) is 4.88. The third kappa shape index (κ3) is 2.68. The van der Waals surface area contributed by atoms with Crippen molar-refractivity contribution < 1.29 is 9.53 Å². The summed E-state index contributed by atoms with van der Waals surface area (Å²) in [5.41, 5.74) is 6.27. The highest BCUT2D eigenvalue weighted by Gasteiger charge is 2.29. The van der Waals surface area contributed by atoms with E-state index in [0.29, 0.717) is 6.61 Å². The lowest BCUT2D eigenvalue weighted by molar-refractivity contribution is -0.143. The second kappa shape index (κ2) is 6.37. The van der Waals surface area contributed by atoms with Gasteiger partial charge in [0.25, 0.3) is 0 Å². The lowest BCUT2D eigenvalue weighted by Crippen LogP contribution is -2.17. The first kappa shape index (κ1) is 16.5. The summed E-state index contributed by atoms with van der Waals surface area (Å²) in [5.74, 6) is -0.696. The lowest BCUT2D eigenvalue weighted by atomic mass is 9.90. The Bertz CT molecular complexity index is 1020. The van der Waals surface area contributed by atoms with Gasteiger partial charge in [-0.15, -0.1) is 0 Å². The summed E-state index contributed by atoms with van der Waals surface area (Å²) in [6, 6.07) is 12.5. The van der Waals surface area contributed by atoms with Crippen molar-refractivity contribution in [3.05, 3.63) is 71.0 Å². The highest BCUT2D eigenvalue weighted by Crippen LogP contribution is 2.36. The van der Waals surface area contributed by atoms with Crippen molar-refractivity contribution in [1.29, 1.82) is 0 Å². The molecule has 2 heterocycles. The van der Waals surface area contributed by atoms with Crippen molar-refractivity contribution in [2.24, 2.45) is 0 Å². The van der Waals surface area contributed by atoms with E-state index in [-0.39, 0.29) is 5.97 Å². The fourth-order valence-electron chi connectivity index (χ4n) is 3.64. The van der Waals surface area contributed by atoms with Gasteiger partial charge in [0.05, 0.1) is 6.61 Å². The number of carbonyl (C=O) groups excluding carboxylic acids is 1. The van der Waals surface area contributed by atoms with Crippen LogP contribution in [0.5, 0.6) is 0 Å². The highest BCUT2D eigenvalue weighted by molar-refractivity contribution is 5.97. The molecule has 0 unspecified atom stereocenters. The van der Waals surface area contributed by atoms with Gasteiger partial charge < -0.3 is 14.7 Å². The van der Waals surface area contributed by atoms with Gasteiger partial charge in [-0.05, 0) is 56.2 Å². The second-order valence-corrected chi connectivity index (χ2v) is 6.77. The van der Waals surface area contributed by atoms with Crippen LogP contribution in [0.25, 0.3) is 21.8 Å². The van der Waals surface area contributed by atoms with Crippen LogP contribution in [-0.2, 0) is 9.53 Å². The molecule has 0 bridgehead atoms. The Morgan fingerprint density at radius 2 is 1.42 bits per heavy atom. The Hall–Kier alpha value is -3.01. The number of benzene rings is 2. The summed E-state index contributed by atoms with van der Waals surface area (Å²) in [7, 11) is 0. The molecule has 4 aromatic rings. The number of carbonyl (C=O) groups is 1. The molecule has 132 valence electrons. The first-order chi connectivity index (χ1) is 12.6. The smallest absolute Gasteiger partial charge is 0.318 e. The molecule has 0 fully saturated rings.